The number of hydrogen-bond donors (Lipinski definition) is 2. The molecule has 2 heterocycles. The number of sulfonamides is 1. The van der Waals surface area contributed by atoms with Crippen molar-refractivity contribution >= 4 is 16.1 Å². The Bertz CT molecular complexity index is 885. The number of aromatic nitrogens is 1. The van der Waals surface area contributed by atoms with Gasteiger partial charge in [-0.3, -0.25) is 4.98 Å². The zero-order valence-electron chi connectivity index (χ0n) is 16.0. The van der Waals surface area contributed by atoms with Gasteiger partial charge in [0, 0.05) is 25.5 Å². The molecule has 9 heteroatoms. The van der Waals surface area contributed by atoms with Crippen LogP contribution in [0.1, 0.15) is 30.0 Å². The van der Waals surface area contributed by atoms with Gasteiger partial charge >= 0.3 is 6.09 Å². The second-order valence-corrected chi connectivity index (χ2v) is 8.97. The molecule has 0 spiro atoms. The molecule has 29 heavy (non-hydrogen) atoms. The number of rotatable bonds is 8. The van der Waals surface area contributed by atoms with Crippen LogP contribution in [0, 0.1) is 0 Å². The number of piperidine rings is 1. The zero-order valence-corrected chi connectivity index (χ0v) is 16.8. The van der Waals surface area contributed by atoms with Crippen LogP contribution in [0.15, 0.2) is 54.9 Å². The Hall–Kier alpha value is -2.49. The third kappa shape index (κ3) is 6.25. The Morgan fingerprint density at radius 3 is 2.45 bits per heavy atom. The molecular formula is C20H25N3O5S. The minimum absolute atomic E-state index is 0.00307. The summed E-state index contributed by atoms with van der Waals surface area (Å²) in [4.78, 5) is 15.1. The van der Waals surface area contributed by atoms with E-state index in [0.29, 0.717) is 38.1 Å². The van der Waals surface area contributed by atoms with Gasteiger partial charge in [0.15, 0.2) is 0 Å². The number of ether oxygens (including phenoxy) is 1. The summed E-state index contributed by atoms with van der Waals surface area (Å²) in [6.45, 7) is 1.19. The lowest BCUT2D eigenvalue weighted by Crippen LogP contribution is -2.44. The molecule has 0 aliphatic carbocycles. The predicted octanol–water partition coefficient (Wildman–Crippen LogP) is 2.40. The molecule has 1 aliphatic rings. The molecule has 1 aliphatic heterocycles. The molecule has 1 saturated heterocycles. The van der Waals surface area contributed by atoms with Crippen molar-refractivity contribution in [2.24, 2.45) is 0 Å². The Morgan fingerprint density at radius 2 is 1.83 bits per heavy atom. The van der Waals surface area contributed by atoms with Crippen LogP contribution < -0.4 is 5.32 Å². The van der Waals surface area contributed by atoms with E-state index in [1.54, 1.807) is 42.7 Å². The van der Waals surface area contributed by atoms with Gasteiger partial charge in [-0.1, -0.05) is 30.3 Å². The van der Waals surface area contributed by atoms with E-state index in [-0.39, 0.29) is 11.9 Å². The molecule has 8 nitrogen and oxygen atoms in total. The monoisotopic (exact) mass is 419 g/mol. The summed E-state index contributed by atoms with van der Waals surface area (Å²) in [6.07, 6.45) is 3.37. The van der Waals surface area contributed by atoms with E-state index in [9.17, 15) is 13.2 Å². The molecule has 0 saturated carbocycles. The molecule has 1 atom stereocenters. The van der Waals surface area contributed by atoms with Crippen LogP contribution in [-0.2, 0) is 21.4 Å². The average Bonchev–Trinajstić information content (AvgIpc) is 2.73. The highest BCUT2D eigenvalue weighted by atomic mass is 32.2. The van der Waals surface area contributed by atoms with Crippen LogP contribution in [0.2, 0.25) is 0 Å². The van der Waals surface area contributed by atoms with Gasteiger partial charge in [-0.2, -0.15) is 0 Å². The Morgan fingerprint density at radius 1 is 1.17 bits per heavy atom. The quantitative estimate of drug-likeness (QED) is 0.680. The summed E-state index contributed by atoms with van der Waals surface area (Å²) < 4.78 is 33.1. The van der Waals surface area contributed by atoms with E-state index in [4.69, 9.17) is 9.84 Å². The summed E-state index contributed by atoms with van der Waals surface area (Å²) in [5.41, 5.74) is 1.65. The van der Waals surface area contributed by atoms with E-state index >= 15 is 0 Å². The fourth-order valence-corrected chi connectivity index (χ4v) is 5.02. The largest absolute Gasteiger partial charge is 0.465 e. The number of carboxylic acid groups (broad SMARTS) is 1. The van der Waals surface area contributed by atoms with Crippen molar-refractivity contribution in [1.82, 2.24) is 14.6 Å². The van der Waals surface area contributed by atoms with E-state index in [1.807, 2.05) is 12.1 Å². The van der Waals surface area contributed by atoms with Crippen molar-refractivity contribution < 1.29 is 23.1 Å². The van der Waals surface area contributed by atoms with Gasteiger partial charge in [0.2, 0.25) is 10.0 Å². The number of benzene rings is 1. The van der Waals surface area contributed by atoms with Crippen LogP contribution in [-0.4, -0.2) is 53.9 Å². The van der Waals surface area contributed by atoms with Crippen molar-refractivity contribution in [2.45, 2.75) is 31.6 Å². The van der Waals surface area contributed by atoms with Gasteiger partial charge in [-0.25, -0.2) is 17.5 Å². The van der Waals surface area contributed by atoms with Crippen molar-refractivity contribution in [3.05, 3.63) is 66.0 Å². The van der Waals surface area contributed by atoms with E-state index < -0.39 is 22.2 Å². The summed E-state index contributed by atoms with van der Waals surface area (Å²) in [5, 5.41) is 11.4. The van der Waals surface area contributed by atoms with Gasteiger partial charge in [-0.05, 0) is 36.1 Å². The Balaban J connectivity index is 1.56. The predicted molar refractivity (Wildman–Crippen MR) is 108 cm³/mol. The van der Waals surface area contributed by atoms with Crippen LogP contribution in [0.5, 0.6) is 0 Å². The molecule has 0 radical (unpaired) electrons. The summed E-state index contributed by atoms with van der Waals surface area (Å²) in [6, 6.07) is 11.7. The SMILES string of the molecule is O=C(O)NC(CS(=O)(=O)N1CCC(OCc2ccncc2)CC1)c1ccccc1. The van der Waals surface area contributed by atoms with Gasteiger partial charge < -0.3 is 15.2 Å². The molecule has 2 aromatic rings. The molecule has 1 unspecified atom stereocenters. The van der Waals surface area contributed by atoms with Crippen LogP contribution >= 0.6 is 0 Å². The maximum atomic E-state index is 12.9. The minimum atomic E-state index is -3.62. The summed E-state index contributed by atoms with van der Waals surface area (Å²) >= 11 is 0. The first-order chi connectivity index (χ1) is 13.9. The first-order valence-electron chi connectivity index (χ1n) is 9.47. The van der Waals surface area contributed by atoms with E-state index in [0.717, 1.165) is 5.56 Å². The fraction of sp³-hybridized carbons (Fsp3) is 0.400. The lowest BCUT2D eigenvalue weighted by Gasteiger charge is -2.32. The highest BCUT2D eigenvalue weighted by Crippen LogP contribution is 2.22. The fourth-order valence-electron chi connectivity index (χ4n) is 3.34. The first kappa shape index (κ1) is 21.2. The number of amides is 1. The molecule has 1 aromatic carbocycles. The molecule has 1 fully saturated rings. The van der Waals surface area contributed by atoms with Crippen LogP contribution in [0.4, 0.5) is 4.79 Å². The number of hydrogen-bond acceptors (Lipinski definition) is 5. The first-order valence-corrected chi connectivity index (χ1v) is 11.1. The maximum Gasteiger partial charge on any atom is 0.405 e. The van der Waals surface area contributed by atoms with Crippen LogP contribution in [0.25, 0.3) is 0 Å². The second-order valence-electron chi connectivity index (χ2n) is 6.96. The maximum absolute atomic E-state index is 12.9. The van der Waals surface area contributed by atoms with Crippen molar-refractivity contribution in [3.63, 3.8) is 0 Å². The molecule has 2 N–H and O–H groups in total. The van der Waals surface area contributed by atoms with Crippen molar-refractivity contribution in [2.75, 3.05) is 18.8 Å². The summed E-state index contributed by atoms with van der Waals surface area (Å²) in [5.74, 6) is -0.314. The number of carbonyl (C=O) groups is 1. The van der Waals surface area contributed by atoms with E-state index in [2.05, 4.69) is 10.3 Å². The van der Waals surface area contributed by atoms with Gasteiger partial charge in [0.1, 0.15) is 0 Å². The third-order valence-corrected chi connectivity index (χ3v) is 6.81. The molecule has 1 aromatic heterocycles. The highest BCUT2D eigenvalue weighted by molar-refractivity contribution is 7.89. The van der Waals surface area contributed by atoms with Gasteiger partial charge in [-0.15, -0.1) is 0 Å². The molecular weight excluding hydrogens is 394 g/mol. The lowest BCUT2D eigenvalue weighted by molar-refractivity contribution is 0.0102. The smallest absolute Gasteiger partial charge is 0.405 e. The highest BCUT2D eigenvalue weighted by Gasteiger charge is 2.31. The average molecular weight is 420 g/mol. The second kappa shape index (κ2) is 9.82. The van der Waals surface area contributed by atoms with Gasteiger partial charge in [0.25, 0.3) is 0 Å². The lowest BCUT2D eigenvalue weighted by atomic mass is 10.1. The number of pyridine rings is 1. The Kier molecular flexibility index (Phi) is 7.18. The third-order valence-electron chi connectivity index (χ3n) is 4.91. The number of nitrogens with zero attached hydrogens (tertiary/aromatic N) is 2. The Labute approximate surface area is 170 Å². The summed E-state index contributed by atoms with van der Waals surface area (Å²) in [7, 11) is -3.62. The molecule has 0 bridgehead atoms. The van der Waals surface area contributed by atoms with Crippen molar-refractivity contribution in [3.8, 4) is 0 Å². The molecule has 1 amide bonds. The molecule has 3 rings (SSSR count). The van der Waals surface area contributed by atoms with E-state index in [1.165, 1.54) is 4.31 Å². The standard InChI is InChI=1S/C20H25N3O5S/c24-20(25)22-19(17-4-2-1-3-5-17)15-29(26,27)23-12-8-18(9-13-23)28-14-16-6-10-21-11-7-16/h1-7,10-11,18-19,22H,8-9,12-15H2,(H,24,25). The van der Waals surface area contributed by atoms with Crippen molar-refractivity contribution in [1.29, 1.82) is 0 Å². The zero-order chi connectivity index (χ0) is 20.7. The topological polar surface area (TPSA) is 109 Å². The normalized spacial score (nSPS) is 17.0. The van der Waals surface area contributed by atoms with Crippen LogP contribution in [0.3, 0.4) is 0 Å². The number of nitrogens with one attached hydrogen (secondary N) is 1. The van der Waals surface area contributed by atoms with Gasteiger partial charge in [0.05, 0.1) is 24.5 Å². The minimum Gasteiger partial charge on any atom is -0.465 e. The molecule has 156 valence electrons.